The minimum atomic E-state index is -1.44. The van der Waals surface area contributed by atoms with Gasteiger partial charge < -0.3 is 9.87 Å². The van der Waals surface area contributed by atoms with Crippen molar-refractivity contribution in [3.05, 3.63) is 52.2 Å². The molecule has 0 saturated carbocycles. The third-order valence-electron chi connectivity index (χ3n) is 3.85. The third kappa shape index (κ3) is 3.61. The van der Waals surface area contributed by atoms with Gasteiger partial charge in [0.05, 0.1) is 17.7 Å². The van der Waals surface area contributed by atoms with Crippen molar-refractivity contribution < 1.29 is 9.35 Å². The van der Waals surface area contributed by atoms with Gasteiger partial charge in [0.1, 0.15) is 17.6 Å². The lowest BCUT2D eigenvalue weighted by atomic mass is 10.1. The third-order valence-corrected chi connectivity index (χ3v) is 6.10. The van der Waals surface area contributed by atoms with Crippen LogP contribution in [-0.2, 0) is 16.3 Å². The van der Waals surface area contributed by atoms with Crippen molar-refractivity contribution in [2.75, 3.05) is 12.4 Å². The van der Waals surface area contributed by atoms with E-state index in [0.717, 1.165) is 4.88 Å². The van der Waals surface area contributed by atoms with Crippen LogP contribution in [0.1, 0.15) is 22.9 Å². The summed E-state index contributed by atoms with van der Waals surface area (Å²) in [6, 6.07) is 12.0. The second-order valence-electron chi connectivity index (χ2n) is 5.41. The lowest BCUT2D eigenvalue weighted by Gasteiger charge is -2.35. The van der Waals surface area contributed by atoms with Crippen molar-refractivity contribution in [3.63, 3.8) is 0 Å². The summed E-state index contributed by atoms with van der Waals surface area (Å²) in [5.41, 5.74) is 1.04. The smallest absolute Gasteiger partial charge is 0.246 e. The minimum Gasteiger partial charge on any atom is -0.579 e. The summed E-state index contributed by atoms with van der Waals surface area (Å²) in [5.74, 6) is -0.232. The number of hydrogen-bond acceptors (Lipinski definition) is 6. The van der Waals surface area contributed by atoms with E-state index in [-0.39, 0.29) is 11.9 Å². The number of likely N-dealkylation sites (N-methyl/N-ethyl adjacent to an activating group) is 1. The molecular formula is C16H16N4O2S2. The van der Waals surface area contributed by atoms with Crippen LogP contribution >= 0.6 is 11.3 Å². The van der Waals surface area contributed by atoms with Gasteiger partial charge in [-0.05, 0) is 29.6 Å². The van der Waals surface area contributed by atoms with Crippen LogP contribution < -0.4 is 10.0 Å². The van der Waals surface area contributed by atoms with Gasteiger partial charge in [-0.15, -0.1) is 16.1 Å². The summed E-state index contributed by atoms with van der Waals surface area (Å²) in [7, 11) is 1.66. The summed E-state index contributed by atoms with van der Waals surface area (Å²) in [6.07, 6.45) is 0.520. The van der Waals surface area contributed by atoms with Crippen LogP contribution in [0.2, 0.25) is 0 Å². The van der Waals surface area contributed by atoms with Crippen LogP contribution in [0, 0.1) is 11.3 Å². The number of nitrogens with one attached hydrogen (secondary N) is 2. The molecule has 1 aromatic heterocycles. The Morgan fingerprint density at radius 2 is 2.33 bits per heavy atom. The Kier molecular flexibility index (Phi) is 5.18. The zero-order chi connectivity index (χ0) is 17.1. The molecule has 1 aliphatic heterocycles. The Labute approximate surface area is 147 Å². The van der Waals surface area contributed by atoms with E-state index >= 15 is 0 Å². The van der Waals surface area contributed by atoms with E-state index in [0.29, 0.717) is 17.7 Å². The van der Waals surface area contributed by atoms with Crippen LogP contribution in [0.5, 0.6) is 0 Å². The standard InChI is InChI=1S/C16H16N4O2S2/c1-20-14(9-13(19-24(20)22)15-6-3-7-23-15)16(21)18-12-5-2-4-11(8-12)10-17/h2-8,13-14,19H,9H2,1H3,(H,18,21). The summed E-state index contributed by atoms with van der Waals surface area (Å²) < 4.78 is 16.8. The number of nitriles is 1. The van der Waals surface area contributed by atoms with Crippen LogP contribution in [0.4, 0.5) is 5.69 Å². The maximum absolute atomic E-state index is 12.6. The normalized spacial score (nSPS) is 24.3. The maximum atomic E-state index is 12.6. The Morgan fingerprint density at radius 1 is 1.50 bits per heavy atom. The van der Waals surface area contributed by atoms with Gasteiger partial charge in [-0.3, -0.25) is 4.79 Å². The molecule has 0 bridgehead atoms. The molecule has 3 rings (SSSR count). The zero-order valence-electron chi connectivity index (χ0n) is 12.9. The molecule has 2 heterocycles. The predicted molar refractivity (Wildman–Crippen MR) is 94.3 cm³/mol. The van der Waals surface area contributed by atoms with Crippen LogP contribution in [-0.4, -0.2) is 27.9 Å². The topological polar surface area (TPSA) is 91.2 Å². The van der Waals surface area contributed by atoms with Gasteiger partial charge in [0.15, 0.2) is 0 Å². The lowest BCUT2D eigenvalue weighted by molar-refractivity contribution is -0.120. The Morgan fingerprint density at radius 3 is 3.04 bits per heavy atom. The number of hydrogen-bond donors (Lipinski definition) is 2. The zero-order valence-corrected chi connectivity index (χ0v) is 14.6. The van der Waals surface area contributed by atoms with E-state index in [1.165, 1.54) is 4.31 Å². The molecule has 6 nitrogen and oxygen atoms in total. The second-order valence-corrected chi connectivity index (χ2v) is 7.70. The van der Waals surface area contributed by atoms with E-state index in [2.05, 4.69) is 10.0 Å². The quantitative estimate of drug-likeness (QED) is 0.819. The molecule has 0 spiro atoms. The molecule has 0 radical (unpaired) electrons. The van der Waals surface area contributed by atoms with Gasteiger partial charge >= 0.3 is 0 Å². The second kappa shape index (κ2) is 7.34. The molecule has 2 N–H and O–H groups in total. The van der Waals surface area contributed by atoms with Gasteiger partial charge in [-0.1, -0.05) is 16.4 Å². The summed E-state index contributed by atoms with van der Waals surface area (Å²) >= 11 is 0.135. The molecule has 1 amide bonds. The highest BCUT2D eigenvalue weighted by Crippen LogP contribution is 2.30. The Hall–Kier alpha value is -1.89. The molecule has 2 aromatic rings. The number of nitrogens with zero attached hydrogens (tertiary/aromatic N) is 2. The molecule has 1 aliphatic rings. The lowest BCUT2D eigenvalue weighted by Crippen LogP contribution is -2.55. The SMILES string of the molecule is CN1C(C(=O)Nc2cccc(C#N)c2)CC(c2cccs2)N[S+]1[O-]. The molecule has 3 atom stereocenters. The maximum Gasteiger partial charge on any atom is 0.246 e. The van der Waals surface area contributed by atoms with Gasteiger partial charge in [-0.2, -0.15) is 5.26 Å². The van der Waals surface area contributed by atoms with Crippen molar-refractivity contribution >= 4 is 34.5 Å². The molecular weight excluding hydrogens is 344 g/mol. The fourth-order valence-corrected chi connectivity index (χ4v) is 4.48. The van der Waals surface area contributed by atoms with Crippen molar-refractivity contribution in [2.45, 2.75) is 18.5 Å². The average molecular weight is 360 g/mol. The Balaban J connectivity index is 1.75. The van der Waals surface area contributed by atoms with Gasteiger partial charge in [0.25, 0.3) is 0 Å². The summed E-state index contributed by atoms with van der Waals surface area (Å²) in [6.45, 7) is 0. The van der Waals surface area contributed by atoms with Crippen molar-refractivity contribution in [3.8, 4) is 6.07 Å². The van der Waals surface area contributed by atoms with Gasteiger partial charge in [-0.25, -0.2) is 0 Å². The first-order valence-corrected chi connectivity index (χ1v) is 9.32. The van der Waals surface area contributed by atoms with Gasteiger partial charge in [0.2, 0.25) is 5.91 Å². The van der Waals surface area contributed by atoms with Crippen LogP contribution in [0.3, 0.4) is 0 Å². The van der Waals surface area contributed by atoms with E-state index in [9.17, 15) is 9.35 Å². The first-order valence-electron chi connectivity index (χ1n) is 7.34. The summed E-state index contributed by atoms with van der Waals surface area (Å²) in [5, 5.41) is 13.7. The van der Waals surface area contributed by atoms with Gasteiger partial charge in [0, 0.05) is 24.0 Å². The number of anilines is 1. The molecule has 124 valence electrons. The number of rotatable bonds is 3. The highest BCUT2D eigenvalue weighted by molar-refractivity contribution is 7.87. The number of carbonyl (C=O) groups is 1. The largest absolute Gasteiger partial charge is 0.579 e. The number of thiophene rings is 1. The molecule has 24 heavy (non-hydrogen) atoms. The molecule has 1 aromatic carbocycles. The van der Waals surface area contributed by atoms with Crippen molar-refractivity contribution in [1.29, 1.82) is 5.26 Å². The minimum absolute atomic E-state index is 0.122. The first kappa shape index (κ1) is 17.0. The van der Waals surface area contributed by atoms with E-state index in [1.54, 1.807) is 42.6 Å². The number of benzene rings is 1. The van der Waals surface area contributed by atoms with E-state index < -0.39 is 17.6 Å². The van der Waals surface area contributed by atoms with E-state index in [1.807, 2.05) is 23.6 Å². The van der Waals surface area contributed by atoms with Crippen molar-refractivity contribution in [1.82, 2.24) is 9.03 Å². The molecule has 1 fully saturated rings. The fourth-order valence-electron chi connectivity index (χ4n) is 2.57. The number of amides is 1. The highest BCUT2D eigenvalue weighted by Gasteiger charge is 2.41. The summed E-state index contributed by atoms with van der Waals surface area (Å²) in [4.78, 5) is 13.7. The average Bonchev–Trinajstić information content (AvgIpc) is 3.11. The molecule has 8 heteroatoms. The van der Waals surface area contributed by atoms with E-state index in [4.69, 9.17) is 5.26 Å². The predicted octanol–water partition coefficient (Wildman–Crippen LogP) is 2.17. The molecule has 1 saturated heterocycles. The monoisotopic (exact) mass is 360 g/mol. The Bertz CT molecular complexity index is 760. The van der Waals surface area contributed by atoms with Crippen molar-refractivity contribution in [2.24, 2.45) is 0 Å². The van der Waals surface area contributed by atoms with Crippen LogP contribution in [0.15, 0.2) is 41.8 Å². The highest BCUT2D eigenvalue weighted by atomic mass is 32.2. The van der Waals surface area contributed by atoms with Crippen LogP contribution in [0.25, 0.3) is 0 Å². The molecule has 0 aliphatic carbocycles. The molecule has 3 unspecified atom stereocenters. The first-order chi connectivity index (χ1) is 11.6. The fraction of sp³-hybridized carbons (Fsp3) is 0.250. The number of carbonyl (C=O) groups excluding carboxylic acids is 1.